The van der Waals surface area contributed by atoms with Gasteiger partial charge in [0.05, 0.1) is 6.54 Å². The number of carbonyl (C=O) groups is 3. The predicted molar refractivity (Wildman–Crippen MR) is 108 cm³/mol. The Kier molecular flexibility index (Phi) is 6.05. The molecule has 0 unspecified atom stereocenters. The third-order valence-electron chi connectivity index (χ3n) is 4.27. The largest absolute Gasteiger partial charge is 0.450 e. The van der Waals surface area contributed by atoms with Gasteiger partial charge in [0, 0.05) is 24.1 Å². The van der Waals surface area contributed by atoms with Crippen LogP contribution in [0.1, 0.15) is 27.6 Å². The summed E-state index contributed by atoms with van der Waals surface area (Å²) in [6.07, 6.45) is 0. The van der Waals surface area contributed by atoms with Crippen LogP contribution in [0.15, 0.2) is 30.3 Å². The summed E-state index contributed by atoms with van der Waals surface area (Å²) >= 11 is 0. The van der Waals surface area contributed by atoms with Gasteiger partial charge in [-0.2, -0.15) is 4.98 Å². The maximum Gasteiger partial charge on any atom is 0.378 e. The summed E-state index contributed by atoms with van der Waals surface area (Å²) in [6, 6.07) is 9.09. The van der Waals surface area contributed by atoms with Crippen molar-refractivity contribution >= 4 is 29.2 Å². The molecular weight excluding hydrogens is 388 g/mol. The molecule has 1 N–H and O–H groups in total. The molecule has 0 bridgehead atoms. The number of likely N-dealkylation sites (N-methyl/N-ethyl adjacent to an activating group) is 1. The number of hydrogen-bond acceptors (Lipinski definition) is 7. The molecule has 10 heteroatoms. The van der Waals surface area contributed by atoms with Gasteiger partial charge in [-0.05, 0) is 39.0 Å². The molecule has 2 heterocycles. The van der Waals surface area contributed by atoms with Crippen LogP contribution in [-0.2, 0) is 14.3 Å². The second kappa shape index (κ2) is 8.68. The van der Waals surface area contributed by atoms with Crippen LogP contribution < -0.4 is 5.32 Å². The lowest BCUT2D eigenvalue weighted by Gasteiger charge is -2.16. The van der Waals surface area contributed by atoms with Gasteiger partial charge in [0.25, 0.3) is 17.5 Å². The van der Waals surface area contributed by atoms with Gasteiger partial charge in [-0.3, -0.25) is 9.59 Å². The van der Waals surface area contributed by atoms with Crippen molar-refractivity contribution in [2.45, 2.75) is 20.8 Å². The van der Waals surface area contributed by atoms with Crippen molar-refractivity contribution in [3.8, 4) is 0 Å². The van der Waals surface area contributed by atoms with Gasteiger partial charge in [0.1, 0.15) is 0 Å². The second-order valence-corrected chi connectivity index (χ2v) is 6.93. The minimum Gasteiger partial charge on any atom is -0.450 e. The quantitative estimate of drug-likeness (QED) is 0.609. The summed E-state index contributed by atoms with van der Waals surface area (Å²) in [5.74, 6) is -1.65. The molecule has 0 atom stereocenters. The third-order valence-corrected chi connectivity index (χ3v) is 4.27. The first kappa shape index (κ1) is 20.9. The highest BCUT2D eigenvalue weighted by molar-refractivity contribution is 5.95. The van der Waals surface area contributed by atoms with Gasteiger partial charge in [-0.25, -0.2) is 14.3 Å². The molecule has 3 aromatic rings. The maximum absolute atomic E-state index is 12.2. The maximum atomic E-state index is 12.2. The Morgan fingerprint density at radius 3 is 2.50 bits per heavy atom. The number of aryl methyl sites for hydroxylation is 3. The number of hydrogen-bond donors (Lipinski definition) is 1. The van der Waals surface area contributed by atoms with E-state index in [0.29, 0.717) is 5.69 Å². The average molecular weight is 410 g/mol. The van der Waals surface area contributed by atoms with Crippen LogP contribution in [0.2, 0.25) is 0 Å². The summed E-state index contributed by atoms with van der Waals surface area (Å²) in [5.41, 5.74) is 3.21. The molecule has 10 nitrogen and oxygen atoms in total. The molecule has 0 saturated carbocycles. The highest BCUT2D eigenvalue weighted by Crippen LogP contribution is 2.09. The number of aromatic nitrogens is 4. The predicted octanol–water partition coefficient (Wildman–Crippen LogP) is 1.30. The molecule has 0 spiro atoms. The van der Waals surface area contributed by atoms with Crippen LogP contribution >= 0.6 is 0 Å². The van der Waals surface area contributed by atoms with E-state index in [9.17, 15) is 14.4 Å². The fourth-order valence-corrected chi connectivity index (χ4v) is 2.70. The number of benzene rings is 1. The number of rotatable bonds is 6. The molecule has 2 amide bonds. The van der Waals surface area contributed by atoms with Crippen molar-refractivity contribution in [3.05, 3.63) is 53.1 Å². The van der Waals surface area contributed by atoms with Crippen LogP contribution in [0.4, 0.5) is 5.69 Å². The number of amides is 2. The molecule has 0 fully saturated rings. The molecular formula is C20H22N6O4. The summed E-state index contributed by atoms with van der Waals surface area (Å²) in [5, 5.41) is 6.76. The van der Waals surface area contributed by atoms with Gasteiger partial charge in [-0.15, -0.1) is 5.10 Å². The van der Waals surface area contributed by atoms with Crippen molar-refractivity contribution in [2.75, 3.05) is 25.5 Å². The van der Waals surface area contributed by atoms with Crippen LogP contribution in [0.3, 0.4) is 0 Å². The van der Waals surface area contributed by atoms with E-state index < -0.39 is 18.5 Å². The SMILES string of the molecule is Cc1ccc(NC(=O)CN(C)C(=O)COC(=O)c2nc3nc(C)cc(C)n3n2)cc1. The number of nitrogens with one attached hydrogen (secondary N) is 1. The first-order valence-corrected chi connectivity index (χ1v) is 9.21. The van der Waals surface area contributed by atoms with Gasteiger partial charge >= 0.3 is 5.97 Å². The summed E-state index contributed by atoms with van der Waals surface area (Å²) < 4.78 is 6.42. The molecule has 30 heavy (non-hydrogen) atoms. The number of nitrogens with zero attached hydrogens (tertiary/aromatic N) is 5. The second-order valence-electron chi connectivity index (χ2n) is 6.93. The van der Waals surface area contributed by atoms with E-state index in [0.717, 1.165) is 17.0 Å². The monoisotopic (exact) mass is 410 g/mol. The Balaban J connectivity index is 1.53. The van der Waals surface area contributed by atoms with Crippen molar-refractivity contribution in [3.63, 3.8) is 0 Å². The third kappa shape index (κ3) is 4.96. The fraction of sp³-hybridized carbons (Fsp3) is 0.300. The molecule has 0 aliphatic heterocycles. The van der Waals surface area contributed by atoms with E-state index in [1.807, 2.05) is 32.9 Å². The first-order valence-electron chi connectivity index (χ1n) is 9.21. The van der Waals surface area contributed by atoms with E-state index in [1.165, 1.54) is 16.5 Å². The number of esters is 1. The Bertz CT molecular complexity index is 1110. The van der Waals surface area contributed by atoms with Crippen molar-refractivity contribution < 1.29 is 19.1 Å². The van der Waals surface area contributed by atoms with E-state index >= 15 is 0 Å². The number of ether oxygens (including phenoxy) is 1. The van der Waals surface area contributed by atoms with Gasteiger partial charge in [0.15, 0.2) is 6.61 Å². The molecule has 156 valence electrons. The zero-order chi connectivity index (χ0) is 21.8. The van der Waals surface area contributed by atoms with Crippen molar-refractivity contribution in [1.29, 1.82) is 0 Å². The smallest absolute Gasteiger partial charge is 0.378 e. The number of fused-ring (bicyclic) bond motifs is 1. The Labute approximate surface area is 172 Å². The van der Waals surface area contributed by atoms with Gasteiger partial charge < -0.3 is 15.0 Å². The van der Waals surface area contributed by atoms with E-state index in [1.54, 1.807) is 18.2 Å². The van der Waals surface area contributed by atoms with E-state index in [4.69, 9.17) is 4.74 Å². The molecule has 0 aliphatic rings. The molecule has 0 saturated heterocycles. The standard InChI is InChI=1S/C20H22N6O4/c1-12-5-7-15(8-6-12)22-16(27)10-25(4)17(28)11-30-19(29)18-23-20-21-13(2)9-14(3)26(20)24-18/h5-9H,10-11H2,1-4H3,(H,22,27). The topological polar surface area (TPSA) is 119 Å². The molecule has 0 radical (unpaired) electrons. The van der Waals surface area contributed by atoms with Gasteiger partial charge in [-0.1, -0.05) is 17.7 Å². The lowest BCUT2D eigenvalue weighted by molar-refractivity contribution is -0.136. The van der Waals surface area contributed by atoms with E-state index in [2.05, 4.69) is 20.4 Å². The Hall–Kier alpha value is -3.82. The highest BCUT2D eigenvalue weighted by Gasteiger charge is 2.20. The van der Waals surface area contributed by atoms with Crippen LogP contribution in [0.25, 0.3) is 5.78 Å². The number of anilines is 1. The number of carbonyl (C=O) groups excluding carboxylic acids is 3. The lowest BCUT2D eigenvalue weighted by atomic mass is 10.2. The lowest BCUT2D eigenvalue weighted by Crippen LogP contribution is -2.37. The highest BCUT2D eigenvalue weighted by atomic mass is 16.5. The van der Waals surface area contributed by atoms with Gasteiger partial charge in [0.2, 0.25) is 5.91 Å². The van der Waals surface area contributed by atoms with Crippen LogP contribution in [0.5, 0.6) is 0 Å². The minimum absolute atomic E-state index is 0.181. The summed E-state index contributed by atoms with van der Waals surface area (Å²) in [7, 11) is 1.45. The molecule has 0 aliphatic carbocycles. The fourth-order valence-electron chi connectivity index (χ4n) is 2.70. The zero-order valence-electron chi connectivity index (χ0n) is 17.2. The van der Waals surface area contributed by atoms with Crippen molar-refractivity contribution in [1.82, 2.24) is 24.5 Å². The van der Waals surface area contributed by atoms with Crippen molar-refractivity contribution in [2.24, 2.45) is 0 Å². The molecule has 2 aromatic heterocycles. The average Bonchev–Trinajstić information content (AvgIpc) is 3.12. The summed E-state index contributed by atoms with van der Waals surface area (Å²) in [4.78, 5) is 45.9. The zero-order valence-corrected chi connectivity index (χ0v) is 17.2. The molecule has 1 aromatic carbocycles. The first-order chi connectivity index (χ1) is 14.2. The van der Waals surface area contributed by atoms with E-state index in [-0.39, 0.29) is 24.1 Å². The Morgan fingerprint density at radius 2 is 1.80 bits per heavy atom. The Morgan fingerprint density at radius 1 is 1.10 bits per heavy atom. The van der Waals surface area contributed by atoms with Crippen LogP contribution in [0, 0.1) is 20.8 Å². The normalized spacial score (nSPS) is 10.7. The van der Waals surface area contributed by atoms with Crippen LogP contribution in [-0.4, -0.2) is 62.5 Å². The summed E-state index contributed by atoms with van der Waals surface area (Å²) in [6.45, 7) is 4.85. The minimum atomic E-state index is -0.844. The molecule has 3 rings (SSSR count).